The van der Waals surface area contributed by atoms with Gasteiger partial charge in [0.2, 0.25) is 0 Å². The number of hydrogen-bond donors (Lipinski definition) is 1. The number of likely N-dealkylation sites (tertiary alicyclic amines) is 1. The van der Waals surface area contributed by atoms with E-state index in [1.165, 1.54) is 11.9 Å². The lowest BCUT2D eigenvalue weighted by molar-refractivity contribution is -0.170. The van der Waals surface area contributed by atoms with Gasteiger partial charge in [-0.3, -0.25) is 9.59 Å². The SMILES string of the molecule is CNC(=O)[C@]12O[C@](C)(C[C@H]1OC(C)(C)C)N(C)C2=O. The van der Waals surface area contributed by atoms with Crippen LogP contribution in [0.5, 0.6) is 0 Å². The van der Waals surface area contributed by atoms with Crippen LogP contribution in [-0.2, 0) is 19.1 Å². The number of nitrogens with one attached hydrogen (secondary N) is 1. The van der Waals surface area contributed by atoms with Crippen LogP contribution in [0.4, 0.5) is 0 Å². The smallest absolute Gasteiger partial charge is 0.269 e. The van der Waals surface area contributed by atoms with Crippen LogP contribution in [0.1, 0.15) is 34.1 Å². The Morgan fingerprint density at radius 2 is 2.11 bits per heavy atom. The Balaban J connectivity index is 2.42. The molecule has 0 aliphatic carbocycles. The first-order valence-electron chi connectivity index (χ1n) is 6.45. The standard InChI is InChI=1S/C13H22N2O4/c1-11(2,3)18-8-7-12(4)15(6)10(17)13(8,19-12)9(16)14-5/h8H,7H2,1-6H3,(H,14,16)/t8-,12-,13-/m1/s1. The Morgan fingerprint density at radius 3 is 2.53 bits per heavy atom. The van der Waals surface area contributed by atoms with Gasteiger partial charge in [-0.05, 0) is 27.7 Å². The quantitative estimate of drug-likeness (QED) is 0.731. The molecule has 0 radical (unpaired) electrons. The molecule has 0 aromatic rings. The molecule has 1 N–H and O–H groups in total. The summed E-state index contributed by atoms with van der Waals surface area (Å²) in [4.78, 5) is 26.2. The molecule has 0 aromatic carbocycles. The fourth-order valence-electron chi connectivity index (χ4n) is 2.82. The number of carbonyl (C=O) groups is 2. The molecule has 2 rings (SSSR count). The number of rotatable bonds is 2. The first-order chi connectivity index (χ1) is 8.57. The Labute approximate surface area is 113 Å². The lowest BCUT2D eigenvalue weighted by Crippen LogP contribution is -2.62. The molecular weight excluding hydrogens is 248 g/mol. The maximum atomic E-state index is 12.5. The van der Waals surface area contributed by atoms with Gasteiger partial charge in [0.25, 0.3) is 17.4 Å². The molecule has 19 heavy (non-hydrogen) atoms. The first kappa shape index (κ1) is 14.3. The van der Waals surface area contributed by atoms with E-state index in [4.69, 9.17) is 9.47 Å². The van der Waals surface area contributed by atoms with Gasteiger partial charge < -0.3 is 19.7 Å². The van der Waals surface area contributed by atoms with E-state index in [0.29, 0.717) is 6.42 Å². The van der Waals surface area contributed by atoms with Crippen molar-refractivity contribution in [1.82, 2.24) is 10.2 Å². The molecule has 108 valence electrons. The second kappa shape index (κ2) is 3.93. The number of hydrogen-bond acceptors (Lipinski definition) is 4. The maximum Gasteiger partial charge on any atom is 0.269 e. The van der Waals surface area contributed by atoms with Crippen molar-refractivity contribution < 1.29 is 19.1 Å². The molecule has 3 atom stereocenters. The van der Waals surface area contributed by atoms with Crippen molar-refractivity contribution in [1.29, 1.82) is 0 Å². The lowest BCUT2D eigenvalue weighted by atomic mass is 9.87. The molecular formula is C13H22N2O4. The predicted octanol–water partition coefficient (Wildman–Crippen LogP) is 0.263. The summed E-state index contributed by atoms with van der Waals surface area (Å²) in [5.41, 5.74) is -2.78. The molecule has 6 heteroatoms. The van der Waals surface area contributed by atoms with Crippen molar-refractivity contribution in [2.45, 2.75) is 57.1 Å². The van der Waals surface area contributed by atoms with Crippen molar-refractivity contribution in [3.05, 3.63) is 0 Å². The van der Waals surface area contributed by atoms with Crippen molar-refractivity contribution in [2.75, 3.05) is 14.1 Å². The van der Waals surface area contributed by atoms with E-state index in [0.717, 1.165) is 0 Å². The predicted molar refractivity (Wildman–Crippen MR) is 68.3 cm³/mol. The van der Waals surface area contributed by atoms with E-state index < -0.39 is 28.9 Å². The second-order valence-electron chi connectivity index (χ2n) is 6.38. The molecule has 2 saturated heterocycles. The largest absolute Gasteiger partial charge is 0.368 e. The fourth-order valence-corrected chi connectivity index (χ4v) is 2.82. The highest BCUT2D eigenvalue weighted by atomic mass is 16.6. The van der Waals surface area contributed by atoms with Crippen LogP contribution in [0.3, 0.4) is 0 Å². The minimum absolute atomic E-state index is 0.338. The topological polar surface area (TPSA) is 67.9 Å². The number of piperidine rings is 1. The van der Waals surface area contributed by atoms with Crippen LogP contribution in [0, 0.1) is 0 Å². The summed E-state index contributed by atoms with van der Waals surface area (Å²) in [5.74, 6) is -0.783. The molecule has 6 nitrogen and oxygen atoms in total. The fraction of sp³-hybridized carbons (Fsp3) is 0.846. The van der Waals surface area contributed by atoms with E-state index in [9.17, 15) is 9.59 Å². The molecule has 2 fully saturated rings. The van der Waals surface area contributed by atoms with Gasteiger partial charge in [-0.1, -0.05) is 0 Å². The molecule has 0 aromatic heterocycles. The van der Waals surface area contributed by atoms with Crippen LogP contribution >= 0.6 is 0 Å². The zero-order chi connectivity index (χ0) is 14.6. The van der Waals surface area contributed by atoms with Crippen LogP contribution in [-0.4, -0.2) is 53.8 Å². The van der Waals surface area contributed by atoms with Gasteiger partial charge in [-0.25, -0.2) is 0 Å². The number of carbonyl (C=O) groups excluding carboxylic acids is 2. The Morgan fingerprint density at radius 1 is 1.53 bits per heavy atom. The van der Waals surface area contributed by atoms with Crippen molar-refractivity contribution in [3.63, 3.8) is 0 Å². The highest BCUT2D eigenvalue weighted by molar-refractivity contribution is 6.11. The van der Waals surface area contributed by atoms with Crippen molar-refractivity contribution in [3.8, 4) is 0 Å². The normalized spacial score (nSPS) is 37.9. The lowest BCUT2D eigenvalue weighted by Gasteiger charge is -2.37. The molecule has 2 bridgehead atoms. The van der Waals surface area contributed by atoms with E-state index in [2.05, 4.69) is 5.32 Å². The summed E-state index contributed by atoms with van der Waals surface area (Å²) in [6.07, 6.45) is -0.0823. The maximum absolute atomic E-state index is 12.5. The Kier molecular flexibility index (Phi) is 2.95. The third-order valence-corrected chi connectivity index (χ3v) is 3.79. The molecule has 2 aliphatic heterocycles. The summed E-state index contributed by atoms with van der Waals surface area (Å²) in [6.45, 7) is 7.49. The van der Waals surface area contributed by atoms with Crippen molar-refractivity contribution in [2.24, 2.45) is 0 Å². The van der Waals surface area contributed by atoms with Gasteiger partial charge in [0.05, 0.1) is 5.60 Å². The van der Waals surface area contributed by atoms with Crippen LogP contribution in [0.25, 0.3) is 0 Å². The summed E-state index contributed by atoms with van der Waals surface area (Å²) >= 11 is 0. The zero-order valence-corrected chi connectivity index (χ0v) is 12.4. The number of ether oxygens (including phenoxy) is 2. The molecule has 0 spiro atoms. The van der Waals surface area contributed by atoms with Gasteiger partial charge in [-0.2, -0.15) is 0 Å². The summed E-state index contributed by atoms with van der Waals surface area (Å²) < 4.78 is 11.7. The van der Waals surface area contributed by atoms with Gasteiger partial charge in [0.15, 0.2) is 0 Å². The number of amides is 2. The number of nitrogens with zero attached hydrogens (tertiary/aromatic N) is 1. The third-order valence-electron chi connectivity index (χ3n) is 3.79. The molecule has 2 amide bonds. The third kappa shape index (κ3) is 1.85. The average Bonchev–Trinajstić information content (AvgIpc) is 2.67. The molecule has 0 unspecified atom stereocenters. The number of fused-ring (bicyclic) bond motifs is 2. The second-order valence-corrected chi connectivity index (χ2v) is 6.38. The van der Waals surface area contributed by atoms with Crippen LogP contribution in [0.15, 0.2) is 0 Å². The molecule has 2 aliphatic rings. The van der Waals surface area contributed by atoms with E-state index in [-0.39, 0.29) is 5.91 Å². The first-order valence-corrected chi connectivity index (χ1v) is 6.45. The van der Waals surface area contributed by atoms with E-state index >= 15 is 0 Å². The van der Waals surface area contributed by atoms with Gasteiger partial charge in [0, 0.05) is 20.5 Å². The Bertz CT molecular complexity index is 431. The average molecular weight is 270 g/mol. The summed E-state index contributed by atoms with van der Waals surface area (Å²) in [7, 11) is 3.15. The summed E-state index contributed by atoms with van der Waals surface area (Å²) in [6, 6.07) is 0. The number of likely N-dealkylation sites (N-methyl/N-ethyl adjacent to an activating group) is 2. The highest BCUT2D eigenvalue weighted by Gasteiger charge is 2.73. The minimum Gasteiger partial charge on any atom is -0.368 e. The zero-order valence-electron chi connectivity index (χ0n) is 12.4. The monoisotopic (exact) mass is 270 g/mol. The Hall–Kier alpha value is -1.14. The molecule has 0 saturated carbocycles. The van der Waals surface area contributed by atoms with Crippen LogP contribution < -0.4 is 5.32 Å². The highest BCUT2D eigenvalue weighted by Crippen LogP contribution is 2.50. The minimum atomic E-state index is -1.55. The van der Waals surface area contributed by atoms with Crippen molar-refractivity contribution >= 4 is 11.8 Å². The van der Waals surface area contributed by atoms with Gasteiger partial charge in [-0.15, -0.1) is 0 Å². The van der Waals surface area contributed by atoms with Gasteiger partial charge >= 0.3 is 0 Å². The molecule has 2 heterocycles. The van der Waals surface area contributed by atoms with Gasteiger partial charge in [0.1, 0.15) is 11.8 Å². The van der Waals surface area contributed by atoms with E-state index in [1.54, 1.807) is 7.05 Å². The summed E-state index contributed by atoms with van der Waals surface area (Å²) in [5, 5.41) is 2.52. The van der Waals surface area contributed by atoms with Crippen LogP contribution in [0.2, 0.25) is 0 Å². The van der Waals surface area contributed by atoms with E-state index in [1.807, 2.05) is 27.7 Å².